The first-order chi connectivity index (χ1) is 12.7. The number of rotatable bonds is 7. The van der Waals surface area contributed by atoms with Gasteiger partial charge in [-0.2, -0.15) is 0 Å². The van der Waals surface area contributed by atoms with Gasteiger partial charge in [-0.25, -0.2) is 0 Å². The van der Waals surface area contributed by atoms with Crippen molar-refractivity contribution >= 4 is 23.2 Å². The number of carbonyl (C=O) groups excluding carboxylic acids is 2. The average Bonchev–Trinajstić information content (AvgIpc) is 3.08. The molecule has 2 aromatic carbocycles. The third kappa shape index (κ3) is 4.49. The molecular weight excluding hydrogens is 326 g/mol. The molecule has 0 bridgehead atoms. The Hall–Kier alpha value is -2.66. The van der Waals surface area contributed by atoms with Crippen molar-refractivity contribution in [1.82, 2.24) is 5.32 Å². The Labute approximate surface area is 154 Å². The Morgan fingerprint density at radius 3 is 2.62 bits per heavy atom. The Bertz CT molecular complexity index is 771. The molecule has 136 valence electrons. The molecule has 1 heterocycles. The summed E-state index contributed by atoms with van der Waals surface area (Å²) in [5, 5.41) is 5.91. The number of para-hydroxylation sites is 1. The van der Waals surface area contributed by atoms with Crippen molar-refractivity contribution in [2.24, 2.45) is 0 Å². The van der Waals surface area contributed by atoms with Crippen LogP contribution in [-0.2, 0) is 22.4 Å². The summed E-state index contributed by atoms with van der Waals surface area (Å²) >= 11 is 0. The SMILES string of the molecule is CNCCCC(=O)Nc1ccc(CC(=O)N2CCc3ccccc32)cc1. The lowest BCUT2D eigenvalue weighted by Crippen LogP contribution is -2.30. The molecule has 0 aliphatic carbocycles. The zero-order chi connectivity index (χ0) is 18.4. The Kier molecular flexibility index (Phi) is 6.02. The van der Waals surface area contributed by atoms with Gasteiger partial charge in [-0.3, -0.25) is 9.59 Å². The number of anilines is 2. The number of amides is 2. The van der Waals surface area contributed by atoms with Gasteiger partial charge in [-0.15, -0.1) is 0 Å². The summed E-state index contributed by atoms with van der Waals surface area (Å²) in [6, 6.07) is 15.6. The van der Waals surface area contributed by atoms with E-state index in [2.05, 4.69) is 16.7 Å². The lowest BCUT2D eigenvalue weighted by atomic mass is 10.1. The average molecular weight is 351 g/mol. The van der Waals surface area contributed by atoms with Crippen LogP contribution < -0.4 is 15.5 Å². The van der Waals surface area contributed by atoms with E-state index in [0.717, 1.165) is 42.9 Å². The molecule has 0 fully saturated rings. The van der Waals surface area contributed by atoms with Crippen LogP contribution in [0.1, 0.15) is 24.0 Å². The van der Waals surface area contributed by atoms with Gasteiger partial charge in [0.1, 0.15) is 0 Å². The molecule has 0 saturated carbocycles. The molecule has 2 N–H and O–H groups in total. The smallest absolute Gasteiger partial charge is 0.231 e. The predicted molar refractivity (Wildman–Crippen MR) is 104 cm³/mol. The van der Waals surface area contributed by atoms with Crippen LogP contribution in [0.15, 0.2) is 48.5 Å². The molecule has 0 spiro atoms. The van der Waals surface area contributed by atoms with E-state index < -0.39 is 0 Å². The molecule has 2 amide bonds. The molecule has 5 heteroatoms. The van der Waals surface area contributed by atoms with Crippen LogP contribution >= 0.6 is 0 Å². The molecule has 1 aliphatic heterocycles. The highest BCUT2D eigenvalue weighted by Crippen LogP contribution is 2.28. The van der Waals surface area contributed by atoms with E-state index in [1.54, 1.807) is 0 Å². The molecule has 1 aliphatic rings. The second-order valence-electron chi connectivity index (χ2n) is 6.55. The van der Waals surface area contributed by atoms with E-state index >= 15 is 0 Å². The fraction of sp³-hybridized carbons (Fsp3) is 0.333. The van der Waals surface area contributed by atoms with Crippen molar-refractivity contribution < 1.29 is 9.59 Å². The number of hydrogen-bond acceptors (Lipinski definition) is 3. The van der Waals surface area contributed by atoms with Crippen molar-refractivity contribution in [2.45, 2.75) is 25.7 Å². The normalized spacial score (nSPS) is 12.7. The second kappa shape index (κ2) is 8.63. The maximum atomic E-state index is 12.6. The highest BCUT2D eigenvalue weighted by molar-refractivity contribution is 5.97. The highest BCUT2D eigenvalue weighted by Gasteiger charge is 2.23. The van der Waals surface area contributed by atoms with Crippen molar-refractivity contribution in [3.8, 4) is 0 Å². The number of benzene rings is 2. The minimum atomic E-state index is 0.0118. The second-order valence-corrected chi connectivity index (χ2v) is 6.55. The fourth-order valence-corrected chi connectivity index (χ4v) is 3.22. The number of nitrogens with one attached hydrogen (secondary N) is 2. The van der Waals surface area contributed by atoms with Crippen LogP contribution in [0, 0.1) is 0 Å². The molecule has 3 rings (SSSR count). The van der Waals surface area contributed by atoms with Crippen LogP contribution in [0.4, 0.5) is 11.4 Å². The summed E-state index contributed by atoms with van der Waals surface area (Å²) in [6.07, 6.45) is 2.59. The van der Waals surface area contributed by atoms with Crippen LogP contribution in [0.3, 0.4) is 0 Å². The van der Waals surface area contributed by atoms with Gasteiger partial charge < -0.3 is 15.5 Å². The van der Waals surface area contributed by atoms with E-state index in [1.165, 1.54) is 5.56 Å². The monoisotopic (exact) mass is 351 g/mol. The molecule has 26 heavy (non-hydrogen) atoms. The van der Waals surface area contributed by atoms with Crippen LogP contribution in [0.5, 0.6) is 0 Å². The zero-order valence-electron chi connectivity index (χ0n) is 15.1. The third-order valence-electron chi connectivity index (χ3n) is 4.61. The van der Waals surface area contributed by atoms with Gasteiger partial charge in [-0.1, -0.05) is 30.3 Å². The minimum Gasteiger partial charge on any atom is -0.326 e. The largest absolute Gasteiger partial charge is 0.326 e. The third-order valence-corrected chi connectivity index (χ3v) is 4.61. The van der Waals surface area contributed by atoms with Crippen molar-refractivity contribution in [3.63, 3.8) is 0 Å². The first-order valence-corrected chi connectivity index (χ1v) is 9.09. The van der Waals surface area contributed by atoms with Crippen molar-refractivity contribution in [3.05, 3.63) is 59.7 Å². The molecule has 0 aromatic heterocycles. The topological polar surface area (TPSA) is 61.4 Å². The molecule has 5 nitrogen and oxygen atoms in total. The van der Waals surface area contributed by atoms with E-state index in [0.29, 0.717) is 12.8 Å². The molecular formula is C21H25N3O2. The van der Waals surface area contributed by atoms with Gasteiger partial charge in [0.25, 0.3) is 0 Å². The predicted octanol–water partition coefficient (Wildman–Crippen LogP) is 2.76. The summed E-state index contributed by atoms with van der Waals surface area (Å²) < 4.78 is 0. The number of fused-ring (bicyclic) bond motifs is 1. The Balaban J connectivity index is 1.55. The van der Waals surface area contributed by atoms with E-state index in [4.69, 9.17) is 0 Å². The molecule has 2 aromatic rings. The van der Waals surface area contributed by atoms with Gasteiger partial charge in [0.2, 0.25) is 11.8 Å². The first kappa shape index (κ1) is 18.1. The summed E-state index contributed by atoms with van der Waals surface area (Å²) in [5.41, 5.74) is 3.98. The lowest BCUT2D eigenvalue weighted by Gasteiger charge is -2.17. The van der Waals surface area contributed by atoms with E-state index in [-0.39, 0.29) is 11.8 Å². The van der Waals surface area contributed by atoms with E-state index in [1.807, 2.05) is 54.4 Å². The molecule has 0 saturated heterocycles. The minimum absolute atomic E-state index is 0.0118. The van der Waals surface area contributed by atoms with Crippen molar-refractivity contribution in [2.75, 3.05) is 30.4 Å². The van der Waals surface area contributed by atoms with Crippen molar-refractivity contribution in [1.29, 1.82) is 0 Å². The van der Waals surface area contributed by atoms with Gasteiger partial charge in [-0.05, 0) is 55.8 Å². The maximum absolute atomic E-state index is 12.6. The van der Waals surface area contributed by atoms with Crippen LogP contribution in [-0.4, -0.2) is 32.0 Å². The zero-order valence-corrected chi connectivity index (χ0v) is 15.1. The number of nitrogens with zero attached hydrogens (tertiary/aromatic N) is 1. The molecule has 0 radical (unpaired) electrons. The summed E-state index contributed by atoms with van der Waals surface area (Å²) in [4.78, 5) is 26.3. The maximum Gasteiger partial charge on any atom is 0.231 e. The lowest BCUT2D eigenvalue weighted by molar-refractivity contribution is -0.118. The summed E-state index contributed by atoms with van der Waals surface area (Å²) in [7, 11) is 1.87. The van der Waals surface area contributed by atoms with Crippen LogP contribution in [0.25, 0.3) is 0 Å². The van der Waals surface area contributed by atoms with Gasteiger partial charge in [0, 0.05) is 24.3 Å². The quantitative estimate of drug-likeness (QED) is 0.754. The highest BCUT2D eigenvalue weighted by atomic mass is 16.2. The van der Waals surface area contributed by atoms with E-state index in [9.17, 15) is 9.59 Å². The Morgan fingerprint density at radius 2 is 1.85 bits per heavy atom. The number of carbonyl (C=O) groups is 2. The molecule has 0 atom stereocenters. The fourth-order valence-electron chi connectivity index (χ4n) is 3.22. The van der Waals surface area contributed by atoms with Crippen LogP contribution in [0.2, 0.25) is 0 Å². The summed E-state index contributed by atoms with van der Waals surface area (Å²) in [5.74, 6) is 0.122. The van der Waals surface area contributed by atoms with Gasteiger partial charge >= 0.3 is 0 Å². The standard InChI is InChI=1S/C21H25N3O2/c1-22-13-4-7-20(25)23-18-10-8-16(9-11-18)15-21(26)24-14-12-17-5-2-3-6-19(17)24/h2-3,5-6,8-11,22H,4,7,12-15H2,1H3,(H,23,25). The number of hydrogen-bond donors (Lipinski definition) is 2. The summed E-state index contributed by atoms with van der Waals surface area (Å²) in [6.45, 7) is 1.58. The van der Waals surface area contributed by atoms with Gasteiger partial charge in [0.15, 0.2) is 0 Å². The molecule has 0 unspecified atom stereocenters. The first-order valence-electron chi connectivity index (χ1n) is 9.09. The Morgan fingerprint density at radius 1 is 1.08 bits per heavy atom. The van der Waals surface area contributed by atoms with Gasteiger partial charge in [0.05, 0.1) is 6.42 Å².